The molecule has 2 amide bonds. The zero-order chi connectivity index (χ0) is 23.4. The molecule has 2 aromatic carbocycles. The number of rotatable bonds is 5. The molecule has 10 heteroatoms. The number of hydrogen-bond acceptors (Lipinski definition) is 4. The third-order valence-corrected chi connectivity index (χ3v) is 6.41. The van der Waals surface area contributed by atoms with Crippen molar-refractivity contribution in [2.24, 2.45) is 0 Å². The van der Waals surface area contributed by atoms with Crippen LogP contribution in [0.1, 0.15) is 25.7 Å². The minimum Gasteiger partial charge on any atom is -0.382 e. The first-order valence-electron chi connectivity index (χ1n) is 10.5. The number of nitrogens with one attached hydrogen (secondary N) is 3. The number of amides is 2. The van der Waals surface area contributed by atoms with Gasteiger partial charge in [-0.3, -0.25) is 4.98 Å². The van der Waals surface area contributed by atoms with Crippen molar-refractivity contribution in [2.75, 3.05) is 10.6 Å². The third-order valence-electron chi connectivity index (χ3n) is 5.45. The Labute approximate surface area is 198 Å². The number of carbonyl (C=O) groups is 1. The summed E-state index contributed by atoms with van der Waals surface area (Å²) in [4.78, 5) is 16.7. The van der Waals surface area contributed by atoms with Crippen LogP contribution in [0.2, 0.25) is 5.02 Å². The normalized spacial score (nSPS) is 18.7. The molecular formula is C23H22ClF3N4OS. The van der Waals surface area contributed by atoms with E-state index in [4.69, 9.17) is 11.6 Å². The number of carbonyl (C=O) groups excluding carboxylic acids is 1. The molecule has 0 bridgehead atoms. The quantitative estimate of drug-likeness (QED) is 0.333. The number of alkyl halides is 3. The summed E-state index contributed by atoms with van der Waals surface area (Å²) in [6, 6.07) is 13.1. The maximum atomic E-state index is 12.6. The van der Waals surface area contributed by atoms with E-state index >= 15 is 0 Å². The highest BCUT2D eigenvalue weighted by molar-refractivity contribution is 8.00. The molecule has 1 aromatic heterocycles. The highest BCUT2D eigenvalue weighted by atomic mass is 35.5. The van der Waals surface area contributed by atoms with E-state index in [9.17, 15) is 18.0 Å². The molecule has 0 unspecified atom stereocenters. The molecule has 0 atom stereocenters. The van der Waals surface area contributed by atoms with Crippen LogP contribution < -0.4 is 16.0 Å². The van der Waals surface area contributed by atoms with Crippen molar-refractivity contribution >= 4 is 51.7 Å². The molecule has 0 radical (unpaired) electrons. The van der Waals surface area contributed by atoms with Crippen LogP contribution in [-0.4, -0.2) is 28.6 Å². The number of fused-ring (bicyclic) bond motifs is 1. The topological polar surface area (TPSA) is 66.1 Å². The van der Waals surface area contributed by atoms with Gasteiger partial charge in [0.15, 0.2) is 0 Å². The van der Waals surface area contributed by atoms with Gasteiger partial charge in [-0.05, 0) is 79.9 Å². The van der Waals surface area contributed by atoms with Crippen LogP contribution in [0.25, 0.3) is 10.9 Å². The molecule has 4 rings (SSSR count). The first kappa shape index (κ1) is 23.5. The number of pyridine rings is 1. The Kier molecular flexibility index (Phi) is 7.19. The van der Waals surface area contributed by atoms with E-state index in [0.717, 1.165) is 42.3 Å². The molecule has 3 N–H and O–H groups in total. The zero-order valence-electron chi connectivity index (χ0n) is 17.5. The van der Waals surface area contributed by atoms with Crippen LogP contribution >= 0.6 is 23.4 Å². The lowest BCUT2D eigenvalue weighted by atomic mass is 9.91. The smallest absolute Gasteiger partial charge is 0.382 e. The molecule has 0 saturated heterocycles. The predicted molar refractivity (Wildman–Crippen MR) is 127 cm³/mol. The van der Waals surface area contributed by atoms with Crippen LogP contribution in [-0.2, 0) is 0 Å². The molecular weight excluding hydrogens is 473 g/mol. The number of anilines is 2. The van der Waals surface area contributed by atoms with E-state index < -0.39 is 11.5 Å². The van der Waals surface area contributed by atoms with E-state index in [1.165, 1.54) is 18.2 Å². The molecule has 33 heavy (non-hydrogen) atoms. The van der Waals surface area contributed by atoms with Crippen LogP contribution in [0.4, 0.5) is 29.3 Å². The molecule has 1 fully saturated rings. The minimum atomic E-state index is -4.37. The Balaban J connectivity index is 1.28. The van der Waals surface area contributed by atoms with Crippen molar-refractivity contribution < 1.29 is 18.0 Å². The maximum Gasteiger partial charge on any atom is 0.446 e. The largest absolute Gasteiger partial charge is 0.446 e. The first-order valence-corrected chi connectivity index (χ1v) is 11.7. The van der Waals surface area contributed by atoms with Crippen LogP contribution in [0.15, 0.2) is 59.6 Å². The number of benzene rings is 2. The summed E-state index contributed by atoms with van der Waals surface area (Å²) >= 11 is 5.85. The van der Waals surface area contributed by atoms with Gasteiger partial charge in [-0.15, -0.1) is 0 Å². The maximum absolute atomic E-state index is 12.6. The summed E-state index contributed by atoms with van der Waals surface area (Å²) in [5.41, 5.74) is -2.22. The summed E-state index contributed by atoms with van der Waals surface area (Å²) in [5.74, 6) is 0. The van der Waals surface area contributed by atoms with Crippen molar-refractivity contribution in [3.8, 4) is 0 Å². The Morgan fingerprint density at radius 1 is 1.03 bits per heavy atom. The molecule has 0 spiro atoms. The monoisotopic (exact) mass is 494 g/mol. The van der Waals surface area contributed by atoms with Crippen LogP contribution in [0.3, 0.4) is 0 Å². The van der Waals surface area contributed by atoms with Crippen LogP contribution in [0, 0.1) is 0 Å². The van der Waals surface area contributed by atoms with E-state index in [0.29, 0.717) is 10.7 Å². The molecule has 1 saturated carbocycles. The van der Waals surface area contributed by atoms with Crippen LogP contribution in [0.5, 0.6) is 0 Å². The second-order valence-electron chi connectivity index (χ2n) is 7.89. The molecule has 1 aliphatic carbocycles. The molecule has 5 nitrogen and oxygen atoms in total. The fraction of sp³-hybridized carbons (Fsp3) is 0.304. The lowest BCUT2D eigenvalue weighted by molar-refractivity contribution is -0.0328. The van der Waals surface area contributed by atoms with Crippen molar-refractivity contribution in [1.29, 1.82) is 0 Å². The summed E-state index contributed by atoms with van der Waals surface area (Å²) in [5, 5.41) is 10.8. The molecule has 174 valence electrons. The van der Waals surface area contributed by atoms with Crippen molar-refractivity contribution in [2.45, 2.75) is 48.2 Å². The number of nitrogens with zero attached hydrogens (tertiary/aromatic N) is 1. The van der Waals surface area contributed by atoms with Crippen molar-refractivity contribution in [3.05, 3.63) is 59.8 Å². The molecule has 1 aliphatic rings. The van der Waals surface area contributed by atoms with Gasteiger partial charge >= 0.3 is 11.5 Å². The van der Waals surface area contributed by atoms with Crippen molar-refractivity contribution in [1.82, 2.24) is 10.3 Å². The number of urea groups is 1. The lowest BCUT2D eigenvalue weighted by Crippen LogP contribution is -2.42. The number of halogens is 4. The second kappa shape index (κ2) is 10.1. The summed E-state index contributed by atoms with van der Waals surface area (Å²) < 4.78 is 37.7. The van der Waals surface area contributed by atoms with E-state index in [-0.39, 0.29) is 28.7 Å². The van der Waals surface area contributed by atoms with Gasteiger partial charge in [-0.1, -0.05) is 17.7 Å². The predicted octanol–water partition coefficient (Wildman–Crippen LogP) is 7.04. The average Bonchev–Trinajstić information content (AvgIpc) is 2.74. The van der Waals surface area contributed by atoms with Gasteiger partial charge in [0.1, 0.15) is 0 Å². The summed E-state index contributed by atoms with van der Waals surface area (Å²) in [6.45, 7) is 0. The zero-order valence-corrected chi connectivity index (χ0v) is 19.0. The minimum absolute atomic E-state index is 0.00349. The molecule has 0 aliphatic heterocycles. The first-order chi connectivity index (χ1) is 15.7. The van der Waals surface area contributed by atoms with Gasteiger partial charge in [-0.2, -0.15) is 13.2 Å². The van der Waals surface area contributed by atoms with Gasteiger partial charge in [0.2, 0.25) is 0 Å². The van der Waals surface area contributed by atoms with Crippen molar-refractivity contribution in [3.63, 3.8) is 0 Å². The Bertz CT molecular complexity index is 1140. The molecule has 3 aromatic rings. The van der Waals surface area contributed by atoms with Gasteiger partial charge < -0.3 is 16.0 Å². The summed E-state index contributed by atoms with van der Waals surface area (Å²) in [6.07, 6.45) is 5.09. The lowest BCUT2D eigenvalue weighted by Gasteiger charge is -2.30. The Hall–Kier alpha value is -2.65. The van der Waals surface area contributed by atoms with Gasteiger partial charge in [0, 0.05) is 45.0 Å². The highest BCUT2D eigenvalue weighted by Crippen LogP contribution is 2.37. The fourth-order valence-corrected chi connectivity index (χ4v) is 4.74. The average molecular weight is 495 g/mol. The highest BCUT2D eigenvalue weighted by Gasteiger charge is 2.29. The van der Waals surface area contributed by atoms with Gasteiger partial charge in [-0.25, -0.2) is 4.79 Å². The Morgan fingerprint density at radius 2 is 1.79 bits per heavy atom. The van der Waals surface area contributed by atoms with E-state index in [2.05, 4.69) is 20.9 Å². The van der Waals surface area contributed by atoms with E-state index in [1.54, 1.807) is 12.3 Å². The Morgan fingerprint density at radius 3 is 2.55 bits per heavy atom. The number of aromatic nitrogens is 1. The van der Waals surface area contributed by atoms with Gasteiger partial charge in [0.05, 0.1) is 5.52 Å². The SMILES string of the molecule is O=C(Nc1cccc(SC(F)(F)F)c1)NC1CCC(Nc2ccnc3cc(Cl)ccc23)CC1. The number of hydrogen-bond donors (Lipinski definition) is 3. The second-order valence-corrected chi connectivity index (χ2v) is 9.46. The van der Waals surface area contributed by atoms with E-state index in [1.807, 2.05) is 24.3 Å². The third kappa shape index (κ3) is 6.68. The summed E-state index contributed by atoms with van der Waals surface area (Å²) in [7, 11) is 0. The standard InChI is InChI=1S/C23H22ClF3N4OS/c24-14-4-9-19-20(10-11-28-21(19)12-14)29-15-5-7-16(8-6-15)30-22(32)31-17-2-1-3-18(13-17)33-23(25,26)27/h1-4,9-13,15-16H,5-8H2,(H,28,29)(H2,30,31,32). The fourth-order valence-electron chi connectivity index (χ4n) is 3.97. The van der Waals surface area contributed by atoms with Gasteiger partial charge in [0.25, 0.3) is 0 Å². The molecule has 1 heterocycles. The number of thioether (sulfide) groups is 1.